The van der Waals surface area contributed by atoms with Crippen molar-refractivity contribution in [1.82, 2.24) is 0 Å². The molecule has 0 bridgehead atoms. The van der Waals surface area contributed by atoms with Crippen molar-refractivity contribution in [3.05, 3.63) is 63.2 Å². The fraction of sp³-hybridized carbons (Fsp3) is 0.158. The maximum Gasteiger partial charge on any atom is 0.274 e. The molecular formula is C19H17N3O5. The zero-order valence-electron chi connectivity index (χ0n) is 14.7. The summed E-state index contributed by atoms with van der Waals surface area (Å²) in [5.74, 6) is -1.24. The van der Waals surface area contributed by atoms with Crippen molar-refractivity contribution < 1.29 is 19.6 Å². The van der Waals surface area contributed by atoms with E-state index in [0.29, 0.717) is 5.69 Å². The number of nitrogens with one attached hydrogen (secondary N) is 1. The van der Waals surface area contributed by atoms with Gasteiger partial charge in [0, 0.05) is 17.3 Å². The highest BCUT2D eigenvalue weighted by atomic mass is 16.6. The van der Waals surface area contributed by atoms with Crippen LogP contribution in [0.2, 0.25) is 0 Å². The summed E-state index contributed by atoms with van der Waals surface area (Å²) >= 11 is 0. The van der Waals surface area contributed by atoms with Crippen molar-refractivity contribution in [2.75, 3.05) is 12.4 Å². The average molecular weight is 367 g/mol. The first kappa shape index (κ1) is 19.5. The topological polar surface area (TPSA) is 125 Å². The van der Waals surface area contributed by atoms with Crippen LogP contribution < -0.4 is 10.1 Å². The Bertz CT molecular complexity index is 943. The molecule has 0 radical (unpaired) electrons. The highest BCUT2D eigenvalue weighted by Gasteiger charge is 2.18. The molecule has 2 N–H and O–H groups in total. The number of anilines is 1. The lowest BCUT2D eigenvalue weighted by atomic mass is 10.1. The number of aryl methyl sites for hydroxylation is 1. The van der Waals surface area contributed by atoms with Gasteiger partial charge in [0.05, 0.1) is 18.1 Å². The number of non-ortho nitro benzene ring substituents is 1. The van der Waals surface area contributed by atoms with Gasteiger partial charge in [-0.2, -0.15) is 5.26 Å². The second-order valence-corrected chi connectivity index (χ2v) is 5.52. The molecule has 0 aromatic heterocycles. The van der Waals surface area contributed by atoms with E-state index in [2.05, 4.69) is 5.32 Å². The van der Waals surface area contributed by atoms with E-state index in [1.54, 1.807) is 18.2 Å². The first-order valence-corrected chi connectivity index (χ1v) is 7.97. The smallest absolute Gasteiger partial charge is 0.274 e. The number of hydrogen-bond donors (Lipinski definition) is 2. The van der Waals surface area contributed by atoms with Gasteiger partial charge in [-0.1, -0.05) is 19.1 Å². The molecule has 0 heterocycles. The van der Waals surface area contributed by atoms with E-state index in [1.165, 1.54) is 7.11 Å². The van der Waals surface area contributed by atoms with Gasteiger partial charge in [0.1, 0.15) is 11.6 Å². The zero-order chi connectivity index (χ0) is 20.0. The van der Waals surface area contributed by atoms with Crippen LogP contribution in [0.3, 0.4) is 0 Å². The Hall–Kier alpha value is -3.86. The molecule has 1 amide bonds. The van der Waals surface area contributed by atoms with Crippen LogP contribution in [-0.2, 0) is 11.2 Å². The molecule has 138 valence electrons. The van der Waals surface area contributed by atoms with Gasteiger partial charge >= 0.3 is 0 Å². The Kier molecular flexibility index (Phi) is 6.12. The van der Waals surface area contributed by atoms with Gasteiger partial charge in [-0.15, -0.1) is 0 Å². The van der Waals surface area contributed by atoms with Gasteiger partial charge in [0.2, 0.25) is 0 Å². The summed E-state index contributed by atoms with van der Waals surface area (Å²) in [5.41, 5.74) is 0.849. The number of nitro groups is 1. The van der Waals surface area contributed by atoms with E-state index >= 15 is 0 Å². The number of nitro benzene ring substituents is 1. The third kappa shape index (κ3) is 4.61. The van der Waals surface area contributed by atoms with E-state index in [9.17, 15) is 25.3 Å². The number of methoxy groups -OCH3 is 1. The summed E-state index contributed by atoms with van der Waals surface area (Å²) < 4.78 is 4.90. The van der Waals surface area contributed by atoms with E-state index in [-0.39, 0.29) is 22.6 Å². The molecule has 0 saturated heterocycles. The van der Waals surface area contributed by atoms with Gasteiger partial charge in [-0.05, 0) is 30.2 Å². The van der Waals surface area contributed by atoms with Crippen LogP contribution in [0.5, 0.6) is 11.5 Å². The monoisotopic (exact) mass is 367 g/mol. The maximum absolute atomic E-state index is 12.3. The minimum Gasteiger partial charge on any atom is -0.504 e. The fourth-order valence-electron chi connectivity index (χ4n) is 2.31. The molecular weight excluding hydrogens is 350 g/mol. The van der Waals surface area contributed by atoms with Crippen molar-refractivity contribution in [1.29, 1.82) is 5.26 Å². The number of nitriles is 1. The highest BCUT2D eigenvalue weighted by Crippen LogP contribution is 2.35. The van der Waals surface area contributed by atoms with Gasteiger partial charge in [-0.3, -0.25) is 14.9 Å². The summed E-state index contributed by atoms with van der Waals surface area (Å²) in [6.07, 6.45) is 1.92. The molecule has 0 aliphatic carbocycles. The van der Waals surface area contributed by atoms with E-state index in [0.717, 1.165) is 30.2 Å². The first-order valence-electron chi connectivity index (χ1n) is 7.97. The molecule has 0 aliphatic heterocycles. The van der Waals surface area contributed by atoms with Crippen LogP contribution in [0, 0.1) is 21.4 Å². The standard InChI is InChI=1S/C19H17N3O5/c1-3-12-4-6-15(7-5-12)21-19(24)14(11-20)8-13-9-16(22(25)26)10-17(27-2)18(13)23/h4-10,23H,3H2,1-2H3,(H,21,24). The fourth-order valence-corrected chi connectivity index (χ4v) is 2.31. The number of phenols is 1. The lowest BCUT2D eigenvalue weighted by Gasteiger charge is -2.08. The van der Waals surface area contributed by atoms with Crippen LogP contribution >= 0.6 is 0 Å². The van der Waals surface area contributed by atoms with Crippen molar-refractivity contribution in [2.24, 2.45) is 0 Å². The minimum absolute atomic E-state index is 0.0749. The number of carbonyl (C=O) groups is 1. The predicted octanol–water partition coefficient (Wildman–Crippen LogP) is 3.42. The van der Waals surface area contributed by atoms with Crippen LogP contribution in [0.4, 0.5) is 11.4 Å². The predicted molar refractivity (Wildman–Crippen MR) is 99.4 cm³/mol. The Morgan fingerprint density at radius 2 is 2.04 bits per heavy atom. The molecule has 2 aromatic carbocycles. The minimum atomic E-state index is -0.702. The molecule has 0 fully saturated rings. The summed E-state index contributed by atoms with van der Waals surface area (Å²) in [4.78, 5) is 22.7. The van der Waals surface area contributed by atoms with Crippen molar-refractivity contribution in [2.45, 2.75) is 13.3 Å². The lowest BCUT2D eigenvalue weighted by Crippen LogP contribution is -2.13. The quantitative estimate of drug-likeness (QED) is 0.349. The number of nitrogens with zero attached hydrogens (tertiary/aromatic N) is 2. The molecule has 2 aromatic rings. The van der Waals surface area contributed by atoms with Crippen molar-refractivity contribution in [3.8, 4) is 17.6 Å². The molecule has 0 aliphatic rings. The van der Waals surface area contributed by atoms with Gasteiger partial charge in [0.25, 0.3) is 11.6 Å². The van der Waals surface area contributed by atoms with Crippen LogP contribution in [0.25, 0.3) is 6.08 Å². The Morgan fingerprint density at radius 1 is 1.37 bits per heavy atom. The van der Waals surface area contributed by atoms with E-state index < -0.39 is 16.6 Å². The summed E-state index contributed by atoms with van der Waals surface area (Å²) in [5, 5.41) is 33.0. The number of phenolic OH excluding ortho intramolecular Hbond substituents is 1. The number of ether oxygens (including phenoxy) is 1. The number of carbonyl (C=O) groups excluding carboxylic acids is 1. The van der Waals surface area contributed by atoms with Crippen molar-refractivity contribution in [3.63, 3.8) is 0 Å². The van der Waals surface area contributed by atoms with Crippen LogP contribution in [-0.4, -0.2) is 23.0 Å². The number of hydrogen-bond acceptors (Lipinski definition) is 6. The Morgan fingerprint density at radius 3 is 2.56 bits per heavy atom. The first-order chi connectivity index (χ1) is 12.9. The third-order valence-electron chi connectivity index (χ3n) is 3.80. The highest BCUT2D eigenvalue weighted by molar-refractivity contribution is 6.09. The number of aromatic hydroxyl groups is 1. The van der Waals surface area contributed by atoms with Gasteiger partial charge < -0.3 is 15.2 Å². The largest absolute Gasteiger partial charge is 0.504 e. The molecule has 8 nitrogen and oxygen atoms in total. The summed E-state index contributed by atoms with van der Waals surface area (Å²) in [7, 11) is 1.24. The van der Waals surface area contributed by atoms with Crippen LogP contribution in [0.15, 0.2) is 42.0 Å². The van der Waals surface area contributed by atoms with Crippen molar-refractivity contribution >= 4 is 23.4 Å². The molecule has 8 heteroatoms. The number of amides is 1. The summed E-state index contributed by atoms with van der Waals surface area (Å²) in [6.45, 7) is 2.00. The van der Waals surface area contributed by atoms with Crippen LogP contribution in [0.1, 0.15) is 18.1 Å². The second kappa shape index (κ2) is 8.49. The number of benzene rings is 2. The third-order valence-corrected chi connectivity index (χ3v) is 3.80. The molecule has 2 rings (SSSR count). The Labute approximate surface area is 155 Å². The maximum atomic E-state index is 12.3. The molecule has 0 atom stereocenters. The lowest BCUT2D eigenvalue weighted by molar-refractivity contribution is -0.385. The Balaban J connectivity index is 2.36. The zero-order valence-corrected chi connectivity index (χ0v) is 14.7. The SMILES string of the molecule is CCc1ccc(NC(=O)C(C#N)=Cc2cc([N+](=O)[O-])cc(OC)c2O)cc1. The van der Waals surface area contributed by atoms with Gasteiger partial charge in [0.15, 0.2) is 11.5 Å². The second-order valence-electron chi connectivity index (χ2n) is 5.52. The van der Waals surface area contributed by atoms with E-state index in [1.807, 2.05) is 19.1 Å². The normalized spacial score (nSPS) is 10.8. The number of rotatable bonds is 6. The van der Waals surface area contributed by atoms with Gasteiger partial charge in [-0.25, -0.2) is 0 Å². The molecule has 0 spiro atoms. The van der Waals surface area contributed by atoms with E-state index in [4.69, 9.17) is 4.74 Å². The molecule has 0 saturated carbocycles. The average Bonchev–Trinajstić information content (AvgIpc) is 2.67. The summed E-state index contributed by atoms with van der Waals surface area (Å²) in [6, 6.07) is 11.0. The molecule has 27 heavy (non-hydrogen) atoms. The molecule has 0 unspecified atom stereocenters.